The van der Waals surface area contributed by atoms with E-state index in [0.717, 1.165) is 12.0 Å². The minimum atomic E-state index is -0.263. The Hall–Kier alpha value is -1.00. The van der Waals surface area contributed by atoms with Crippen LogP contribution in [0.3, 0.4) is 0 Å². The Bertz CT molecular complexity index is 376. The molecule has 1 aromatic carbocycles. The Labute approximate surface area is 113 Å². The van der Waals surface area contributed by atoms with Gasteiger partial charge < -0.3 is 4.84 Å². The van der Waals surface area contributed by atoms with E-state index in [4.69, 9.17) is 4.84 Å². The third kappa shape index (κ3) is 4.70. The van der Waals surface area contributed by atoms with Crippen molar-refractivity contribution in [3.63, 3.8) is 0 Å². The van der Waals surface area contributed by atoms with Crippen LogP contribution in [0.15, 0.2) is 24.3 Å². The lowest BCUT2D eigenvalue weighted by molar-refractivity contribution is -0.148. The first-order valence-corrected chi connectivity index (χ1v) is 7.34. The molecule has 0 amide bonds. The molecule has 0 spiro atoms. The van der Waals surface area contributed by atoms with Crippen molar-refractivity contribution in [3.05, 3.63) is 35.4 Å². The van der Waals surface area contributed by atoms with E-state index in [1.54, 1.807) is 6.26 Å². The smallest absolute Gasteiger partial charge is 0.333 e. The van der Waals surface area contributed by atoms with Crippen molar-refractivity contribution in [2.24, 2.45) is 5.92 Å². The highest BCUT2D eigenvalue weighted by atomic mass is 32.2. The molecule has 4 heteroatoms. The van der Waals surface area contributed by atoms with E-state index >= 15 is 0 Å². The maximum absolute atomic E-state index is 11.7. The molecule has 1 rings (SSSR count). The number of hydrogen-bond acceptors (Lipinski definition) is 4. The van der Waals surface area contributed by atoms with Gasteiger partial charge in [0, 0.05) is 0 Å². The van der Waals surface area contributed by atoms with Gasteiger partial charge in [0.25, 0.3) is 0 Å². The molecule has 0 heterocycles. The minimum Gasteiger partial charge on any atom is -0.359 e. The van der Waals surface area contributed by atoms with Gasteiger partial charge >= 0.3 is 5.97 Å². The van der Waals surface area contributed by atoms with Crippen molar-refractivity contribution < 1.29 is 9.63 Å². The minimum absolute atomic E-state index is 0.252. The van der Waals surface area contributed by atoms with Crippen molar-refractivity contribution in [2.75, 3.05) is 6.26 Å². The molecule has 0 aromatic heterocycles. The van der Waals surface area contributed by atoms with Gasteiger partial charge in [-0.3, -0.25) is 0 Å². The van der Waals surface area contributed by atoms with Gasteiger partial charge in [0.2, 0.25) is 0 Å². The van der Waals surface area contributed by atoms with Crippen LogP contribution in [-0.4, -0.2) is 12.2 Å². The first-order chi connectivity index (χ1) is 8.54. The molecule has 1 N–H and O–H groups in total. The van der Waals surface area contributed by atoms with Gasteiger partial charge in [-0.25, -0.2) is 4.79 Å². The topological polar surface area (TPSA) is 38.3 Å². The van der Waals surface area contributed by atoms with Gasteiger partial charge in [-0.05, 0) is 48.6 Å². The largest absolute Gasteiger partial charge is 0.359 e. The second-order valence-electron chi connectivity index (χ2n) is 4.77. The Morgan fingerprint density at radius 1 is 1.28 bits per heavy atom. The molecule has 0 radical (unpaired) electrons. The molecule has 0 fully saturated rings. The maximum atomic E-state index is 11.7. The third-order valence-corrected chi connectivity index (χ3v) is 2.95. The normalized spacial score (nSPS) is 12.5. The second kappa shape index (κ2) is 7.44. The summed E-state index contributed by atoms with van der Waals surface area (Å²) in [5.74, 6) is 0.128. The Kier molecular flexibility index (Phi) is 6.22. The third-order valence-electron chi connectivity index (χ3n) is 2.70. The van der Waals surface area contributed by atoms with Crippen LogP contribution in [0.5, 0.6) is 0 Å². The quantitative estimate of drug-likeness (QED) is 0.634. The summed E-state index contributed by atoms with van der Waals surface area (Å²) in [7, 11) is 0. The van der Waals surface area contributed by atoms with Crippen LogP contribution in [0.4, 0.5) is 0 Å². The average Bonchev–Trinajstić information content (AvgIpc) is 2.35. The van der Waals surface area contributed by atoms with Gasteiger partial charge in [-0.1, -0.05) is 43.0 Å². The SMILES string of the molecule is CSNOC(=O)[C@@H](C)c1ccc(CC(C)C)cc1. The van der Waals surface area contributed by atoms with Crippen LogP contribution in [0.2, 0.25) is 0 Å². The van der Waals surface area contributed by atoms with Gasteiger partial charge in [-0.15, -0.1) is 0 Å². The molecule has 0 aliphatic carbocycles. The predicted molar refractivity (Wildman–Crippen MR) is 76.1 cm³/mol. The number of carbonyl (C=O) groups excluding carboxylic acids is 1. The monoisotopic (exact) mass is 267 g/mol. The van der Waals surface area contributed by atoms with Crippen LogP contribution in [0.25, 0.3) is 0 Å². The van der Waals surface area contributed by atoms with Crippen LogP contribution in [0, 0.1) is 5.92 Å². The van der Waals surface area contributed by atoms with Crippen LogP contribution >= 0.6 is 11.9 Å². The van der Waals surface area contributed by atoms with Crippen molar-refractivity contribution >= 4 is 17.9 Å². The molecular weight excluding hydrogens is 246 g/mol. The summed E-state index contributed by atoms with van der Waals surface area (Å²) in [4.78, 5) is 19.0. The van der Waals surface area contributed by atoms with E-state index in [-0.39, 0.29) is 11.9 Å². The highest BCUT2D eigenvalue weighted by Gasteiger charge is 2.16. The summed E-state index contributed by atoms with van der Waals surface area (Å²) in [5, 5.41) is 0. The molecule has 0 saturated heterocycles. The van der Waals surface area contributed by atoms with E-state index in [2.05, 4.69) is 30.9 Å². The molecule has 18 heavy (non-hydrogen) atoms. The van der Waals surface area contributed by atoms with E-state index in [9.17, 15) is 4.79 Å². The summed E-state index contributed by atoms with van der Waals surface area (Å²) in [6.07, 6.45) is 2.87. The lowest BCUT2D eigenvalue weighted by atomic mass is 9.97. The average molecular weight is 267 g/mol. The maximum Gasteiger partial charge on any atom is 0.333 e. The number of carbonyl (C=O) groups is 1. The van der Waals surface area contributed by atoms with Crippen LogP contribution in [-0.2, 0) is 16.1 Å². The highest BCUT2D eigenvalue weighted by Crippen LogP contribution is 2.18. The van der Waals surface area contributed by atoms with E-state index in [0.29, 0.717) is 5.92 Å². The van der Waals surface area contributed by atoms with Crippen molar-refractivity contribution in [1.82, 2.24) is 4.89 Å². The van der Waals surface area contributed by atoms with Gasteiger partial charge in [0.1, 0.15) is 0 Å². The zero-order chi connectivity index (χ0) is 13.5. The molecule has 3 nitrogen and oxygen atoms in total. The summed E-state index contributed by atoms with van der Waals surface area (Å²) in [6.45, 7) is 6.24. The molecule has 0 bridgehead atoms. The van der Waals surface area contributed by atoms with E-state index in [1.165, 1.54) is 17.5 Å². The molecule has 0 unspecified atom stereocenters. The van der Waals surface area contributed by atoms with Crippen LogP contribution < -0.4 is 4.89 Å². The highest BCUT2D eigenvalue weighted by molar-refractivity contribution is 7.96. The zero-order valence-electron chi connectivity index (χ0n) is 11.4. The molecule has 0 saturated carbocycles. The fraction of sp³-hybridized carbons (Fsp3) is 0.500. The Morgan fingerprint density at radius 3 is 2.39 bits per heavy atom. The molecule has 0 aliphatic heterocycles. The summed E-state index contributed by atoms with van der Waals surface area (Å²) < 4.78 is 0. The standard InChI is InChI=1S/C14H21NO2S/c1-10(2)9-12-5-7-13(8-6-12)11(3)14(16)17-15-18-4/h5-8,10-11,15H,9H2,1-4H3/t11-/m0/s1. The first-order valence-electron chi connectivity index (χ1n) is 6.12. The summed E-state index contributed by atoms with van der Waals surface area (Å²) >= 11 is 1.26. The molecule has 100 valence electrons. The van der Waals surface area contributed by atoms with E-state index in [1.807, 2.05) is 19.1 Å². The van der Waals surface area contributed by atoms with Crippen molar-refractivity contribution in [3.8, 4) is 0 Å². The van der Waals surface area contributed by atoms with Gasteiger partial charge in [-0.2, -0.15) is 0 Å². The number of rotatable bonds is 6. The molecule has 0 aliphatic rings. The molecule has 1 atom stereocenters. The van der Waals surface area contributed by atoms with Crippen molar-refractivity contribution in [2.45, 2.75) is 33.1 Å². The Morgan fingerprint density at radius 2 is 1.89 bits per heavy atom. The second-order valence-corrected chi connectivity index (χ2v) is 5.34. The predicted octanol–water partition coefficient (Wildman–Crippen LogP) is 3.31. The van der Waals surface area contributed by atoms with Gasteiger partial charge in [0.05, 0.1) is 5.92 Å². The number of hydrogen-bond donors (Lipinski definition) is 1. The molecular formula is C14H21NO2S. The van der Waals surface area contributed by atoms with Gasteiger partial charge in [0.15, 0.2) is 0 Å². The summed E-state index contributed by atoms with van der Waals surface area (Å²) in [6, 6.07) is 8.17. The van der Waals surface area contributed by atoms with E-state index < -0.39 is 0 Å². The number of nitrogens with one attached hydrogen (secondary N) is 1. The number of benzene rings is 1. The summed E-state index contributed by atoms with van der Waals surface area (Å²) in [5.41, 5.74) is 2.28. The van der Waals surface area contributed by atoms with Crippen LogP contribution in [0.1, 0.15) is 37.8 Å². The lowest BCUT2D eigenvalue weighted by Crippen LogP contribution is -2.18. The molecule has 1 aromatic rings. The fourth-order valence-electron chi connectivity index (χ4n) is 1.72. The zero-order valence-corrected chi connectivity index (χ0v) is 12.2. The first kappa shape index (κ1) is 15.1. The lowest BCUT2D eigenvalue weighted by Gasteiger charge is -2.12. The fourth-order valence-corrected chi connectivity index (χ4v) is 1.89. The van der Waals surface area contributed by atoms with Crippen molar-refractivity contribution in [1.29, 1.82) is 0 Å². The Balaban J connectivity index is 2.63.